The van der Waals surface area contributed by atoms with E-state index in [0.717, 1.165) is 25.7 Å². The number of esters is 1. The van der Waals surface area contributed by atoms with Gasteiger partial charge in [-0.25, -0.2) is 0 Å². The van der Waals surface area contributed by atoms with Crippen LogP contribution in [0.15, 0.2) is 0 Å². The number of hydrogen-bond donors (Lipinski definition) is 0. The van der Waals surface area contributed by atoms with Gasteiger partial charge in [-0.3, -0.25) is 9.59 Å². The maximum absolute atomic E-state index is 11.3. The standard InChI is InChI=1S/C12H20O3/c1-2-3-9-15-12(14)8-7-10-5-4-6-11(10)13/h10H,2-9H2,1H3/t10-/m1/s1. The number of carbonyl (C=O) groups is 2. The van der Waals surface area contributed by atoms with E-state index in [1.54, 1.807) is 0 Å². The van der Waals surface area contributed by atoms with Crippen LogP contribution in [0.1, 0.15) is 51.9 Å². The lowest BCUT2D eigenvalue weighted by molar-refractivity contribution is -0.144. The zero-order valence-corrected chi connectivity index (χ0v) is 9.46. The third kappa shape index (κ3) is 4.45. The van der Waals surface area contributed by atoms with Gasteiger partial charge < -0.3 is 4.74 Å². The molecular weight excluding hydrogens is 192 g/mol. The number of unbranched alkanes of at least 4 members (excludes halogenated alkanes) is 1. The van der Waals surface area contributed by atoms with E-state index in [-0.39, 0.29) is 11.9 Å². The monoisotopic (exact) mass is 212 g/mol. The Morgan fingerprint density at radius 3 is 2.93 bits per heavy atom. The zero-order chi connectivity index (χ0) is 11.1. The Kier molecular flexibility index (Phi) is 5.37. The Hall–Kier alpha value is -0.860. The lowest BCUT2D eigenvalue weighted by Crippen LogP contribution is -2.11. The minimum atomic E-state index is -0.150. The van der Waals surface area contributed by atoms with Crippen molar-refractivity contribution in [2.45, 2.75) is 51.9 Å². The largest absolute Gasteiger partial charge is 0.466 e. The average Bonchev–Trinajstić information content (AvgIpc) is 2.61. The Bertz CT molecular complexity index is 223. The highest BCUT2D eigenvalue weighted by Crippen LogP contribution is 2.25. The van der Waals surface area contributed by atoms with Crippen molar-refractivity contribution in [1.29, 1.82) is 0 Å². The number of carbonyl (C=O) groups excluding carboxylic acids is 2. The predicted octanol–water partition coefficient (Wildman–Crippen LogP) is 2.48. The molecule has 0 saturated heterocycles. The molecule has 0 aromatic carbocycles. The second-order valence-corrected chi connectivity index (χ2v) is 4.17. The molecule has 0 bridgehead atoms. The van der Waals surface area contributed by atoms with Gasteiger partial charge in [0.05, 0.1) is 6.61 Å². The highest BCUT2D eigenvalue weighted by molar-refractivity contribution is 5.83. The van der Waals surface area contributed by atoms with Gasteiger partial charge in [0.15, 0.2) is 0 Å². The van der Waals surface area contributed by atoms with Gasteiger partial charge >= 0.3 is 5.97 Å². The number of ketones is 1. The molecule has 0 heterocycles. The molecule has 1 aliphatic carbocycles. The summed E-state index contributed by atoms with van der Waals surface area (Å²) in [7, 11) is 0. The van der Waals surface area contributed by atoms with Crippen LogP contribution in [-0.4, -0.2) is 18.4 Å². The normalized spacial score (nSPS) is 20.6. The van der Waals surface area contributed by atoms with Gasteiger partial charge in [0.1, 0.15) is 5.78 Å². The van der Waals surface area contributed by atoms with E-state index >= 15 is 0 Å². The van der Waals surface area contributed by atoms with E-state index < -0.39 is 0 Å². The molecule has 0 spiro atoms. The van der Waals surface area contributed by atoms with Crippen LogP contribution in [0.3, 0.4) is 0 Å². The molecule has 1 saturated carbocycles. The first-order chi connectivity index (χ1) is 7.24. The minimum absolute atomic E-state index is 0.128. The quantitative estimate of drug-likeness (QED) is 0.502. The van der Waals surface area contributed by atoms with Crippen molar-refractivity contribution in [3.05, 3.63) is 0 Å². The molecule has 0 radical (unpaired) electrons. The summed E-state index contributed by atoms with van der Waals surface area (Å²) in [5, 5.41) is 0. The summed E-state index contributed by atoms with van der Waals surface area (Å²) in [6.45, 7) is 2.58. The fraction of sp³-hybridized carbons (Fsp3) is 0.833. The van der Waals surface area contributed by atoms with Crippen LogP contribution < -0.4 is 0 Å². The Labute approximate surface area is 91.2 Å². The second kappa shape index (κ2) is 6.59. The molecule has 3 nitrogen and oxygen atoms in total. The van der Waals surface area contributed by atoms with Gasteiger partial charge in [0.2, 0.25) is 0 Å². The Morgan fingerprint density at radius 1 is 1.53 bits per heavy atom. The molecule has 1 rings (SSSR count). The molecule has 0 amide bonds. The topological polar surface area (TPSA) is 43.4 Å². The summed E-state index contributed by atoms with van der Waals surface area (Å²) in [5.41, 5.74) is 0. The summed E-state index contributed by atoms with van der Waals surface area (Å²) in [4.78, 5) is 22.5. The summed E-state index contributed by atoms with van der Waals surface area (Å²) in [6.07, 6.45) is 5.71. The molecule has 1 atom stereocenters. The number of Topliss-reactive ketones (excluding diaryl/α,β-unsaturated/α-hetero) is 1. The lowest BCUT2D eigenvalue weighted by atomic mass is 10.0. The van der Waals surface area contributed by atoms with E-state index in [4.69, 9.17) is 4.74 Å². The molecule has 1 fully saturated rings. The summed E-state index contributed by atoms with van der Waals surface area (Å²) in [6, 6.07) is 0. The molecular formula is C12H20O3. The van der Waals surface area contributed by atoms with Crippen molar-refractivity contribution in [2.24, 2.45) is 5.92 Å². The Morgan fingerprint density at radius 2 is 2.33 bits per heavy atom. The van der Waals surface area contributed by atoms with E-state index in [1.807, 2.05) is 0 Å². The Balaban J connectivity index is 2.08. The number of hydrogen-bond acceptors (Lipinski definition) is 3. The summed E-state index contributed by atoms with van der Waals surface area (Å²) in [5.74, 6) is 0.309. The zero-order valence-electron chi connectivity index (χ0n) is 9.46. The molecule has 3 heteroatoms. The predicted molar refractivity (Wildman–Crippen MR) is 57.4 cm³/mol. The highest BCUT2D eigenvalue weighted by Gasteiger charge is 2.24. The van der Waals surface area contributed by atoms with Crippen molar-refractivity contribution < 1.29 is 14.3 Å². The van der Waals surface area contributed by atoms with Crippen LogP contribution >= 0.6 is 0 Å². The van der Waals surface area contributed by atoms with E-state index in [1.165, 1.54) is 0 Å². The van der Waals surface area contributed by atoms with Gasteiger partial charge in [-0.1, -0.05) is 13.3 Å². The highest BCUT2D eigenvalue weighted by atomic mass is 16.5. The molecule has 0 unspecified atom stereocenters. The van der Waals surface area contributed by atoms with E-state index in [0.29, 0.717) is 31.7 Å². The first-order valence-corrected chi connectivity index (χ1v) is 5.92. The van der Waals surface area contributed by atoms with Gasteiger partial charge in [-0.15, -0.1) is 0 Å². The molecule has 0 aromatic rings. The van der Waals surface area contributed by atoms with Crippen LogP contribution in [0.4, 0.5) is 0 Å². The van der Waals surface area contributed by atoms with E-state index in [2.05, 4.69) is 6.92 Å². The van der Waals surface area contributed by atoms with Crippen molar-refractivity contribution >= 4 is 11.8 Å². The van der Waals surface area contributed by atoms with E-state index in [9.17, 15) is 9.59 Å². The second-order valence-electron chi connectivity index (χ2n) is 4.17. The first kappa shape index (κ1) is 12.2. The smallest absolute Gasteiger partial charge is 0.305 e. The average molecular weight is 212 g/mol. The van der Waals surface area contributed by atoms with Crippen LogP contribution in [-0.2, 0) is 14.3 Å². The lowest BCUT2D eigenvalue weighted by Gasteiger charge is -2.07. The SMILES string of the molecule is CCCCOC(=O)CC[C@H]1CCCC1=O. The van der Waals surface area contributed by atoms with Crippen molar-refractivity contribution in [3.8, 4) is 0 Å². The summed E-state index contributed by atoms with van der Waals surface area (Å²) >= 11 is 0. The van der Waals surface area contributed by atoms with Gasteiger partial charge in [-0.05, 0) is 25.7 Å². The fourth-order valence-electron chi connectivity index (χ4n) is 1.89. The molecule has 15 heavy (non-hydrogen) atoms. The molecule has 86 valence electrons. The number of rotatable bonds is 6. The van der Waals surface area contributed by atoms with Crippen LogP contribution in [0.2, 0.25) is 0 Å². The molecule has 1 aliphatic rings. The van der Waals surface area contributed by atoms with Crippen molar-refractivity contribution in [1.82, 2.24) is 0 Å². The first-order valence-electron chi connectivity index (χ1n) is 5.92. The molecule has 0 aromatic heterocycles. The molecule has 0 aliphatic heterocycles. The van der Waals surface area contributed by atoms with Crippen LogP contribution in [0.25, 0.3) is 0 Å². The van der Waals surface area contributed by atoms with Crippen LogP contribution in [0, 0.1) is 5.92 Å². The van der Waals surface area contributed by atoms with Crippen molar-refractivity contribution in [3.63, 3.8) is 0 Å². The minimum Gasteiger partial charge on any atom is -0.466 e. The van der Waals surface area contributed by atoms with Gasteiger partial charge in [0.25, 0.3) is 0 Å². The maximum Gasteiger partial charge on any atom is 0.305 e. The third-order valence-corrected chi connectivity index (χ3v) is 2.89. The number of ether oxygens (including phenoxy) is 1. The fourth-order valence-corrected chi connectivity index (χ4v) is 1.89. The van der Waals surface area contributed by atoms with Gasteiger partial charge in [-0.2, -0.15) is 0 Å². The van der Waals surface area contributed by atoms with Crippen LogP contribution in [0.5, 0.6) is 0 Å². The van der Waals surface area contributed by atoms with Gasteiger partial charge in [0, 0.05) is 18.8 Å². The maximum atomic E-state index is 11.3. The third-order valence-electron chi connectivity index (χ3n) is 2.89. The van der Waals surface area contributed by atoms with Crippen molar-refractivity contribution in [2.75, 3.05) is 6.61 Å². The molecule has 0 N–H and O–H groups in total. The summed E-state index contributed by atoms with van der Waals surface area (Å²) < 4.78 is 5.03.